The van der Waals surface area contributed by atoms with Crippen molar-refractivity contribution in [1.29, 1.82) is 0 Å². The van der Waals surface area contributed by atoms with Gasteiger partial charge >= 0.3 is 5.97 Å². The summed E-state index contributed by atoms with van der Waals surface area (Å²) in [6.45, 7) is 2.07. The zero-order chi connectivity index (χ0) is 14.4. The molecule has 0 saturated carbocycles. The van der Waals surface area contributed by atoms with Gasteiger partial charge in [0, 0.05) is 18.1 Å². The Hall–Kier alpha value is -2.76. The molecular weight excluding hydrogens is 258 g/mol. The number of rotatable bonds is 4. The Morgan fingerprint density at radius 1 is 1.10 bits per heavy atom. The van der Waals surface area contributed by atoms with E-state index in [-0.39, 0.29) is 11.9 Å². The van der Waals surface area contributed by atoms with E-state index >= 15 is 0 Å². The van der Waals surface area contributed by atoms with Crippen molar-refractivity contribution in [1.82, 2.24) is 9.97 Å². The van der Waals surface area contributed by atoms with Gasteiger partial charge in [-0.2, -0.15) is 0 Å². The summed E-state index contributed by atoms with van der Waals surface area (Å²) in [6.07, 6.45) is 4.20. The highest BCUT2D eigenvalue weighted by Gasteiger charge is 2.08. The lowest BCUT2D eigenvalue weighted by Gasteiger charge is -2.06. The number of nitrogens with one attached hydrogen (secondary N) is 1. The van der Waals surface area contributed by atoms with Crippen molar-refractivity contribution in [3.8, 4) is 0 Å². The lowest BCUT2D eigenvalue weighted by atomic mass is 10.2. The number of amides is 1. The van der Waals surface area contributed by atoms with E-state index in [1.54, 1.807) is 31.2 Å². The van der Waals surface area contributed by atoms with Gasteiger partial charge in [0.05, 0.1) is 17.7 Å². The highest BCUT2D eigenvalue weighted by Crippen LogP contribution is 2.11. The second kappa shape index (κ2) is 6.42. The molecule has 0 aliphatic carbocycles. The minimum absolute atomic E-state index is 0.311. The van der Waals surface area contributed by atoms with Crippen LogP contribution in [-0.4, -0.2) is 28.5 Å². The Labute approximate surface area is 115 Å². The predicted molar refractivity (Wildman–Crippen MR) is 72.4 cm³/mol. The van der Waals surface area contributed by atoms with Gasteiger partial charge in [-0.15, -0.1) is 0 Å². The molecule has 1 aromatic carbocycles. The number of aromatic nitrogens is 2. The molecule has 2 rings (SSSR count). The van der Waals surface area contributed by atoms with Gasteiger partial charge in [-0.05, 0) is 31.2 Å². The SMILES string of the molecule is CCOC(=O)c1ccc(NC(=O)c2cncnc2)cc1. The average Bonchev–Trinajstić information content (AvgIpc) is 2.49. The zero-order valence-corrected chi connectivity index (χ0v) is 10.9. The smallest absolute Gasteiger partial charge is 0.338 e. The Balaban J connectivity index is 2.04. The molecule has 1 heterocycles. The first-order valence-corrected chi connectivity index (χ1v) is 6.04. The Kier molecular flexibility index (Phi) is 4.39. The van der Waals surface area contributed by atoms with Crippen molar-refractivity contribution in [2.24, 2.45) is 0 Å². The average molecular weight is 271 g/mol. The molecule has 0 aliphatic heterocycles. The van der Waals surface area contributed by atoms with Crippen molar-refractivity contribution in [3.05, 3.63) is 54.1 Å². The molecule has 0 unspecified atom stereocenters. The fraction of sp³-hybridized carbons (Fsp3) is 0.143. The molecule has 0 fully saturated rings. The number of hydrogen-bond acceptors (Lipinski definition) is 5. The summed E-state index contributed by atoms with van der Waals surface area (Å²) < 4.78 is 4.88. The highest BCUT2D eigenvalue weighted by molar-refractivity contribution is 6.04. The molecule has 1 amide bonds. The molecule has 1 aromatic heterocycles. The first-order valence-electron chi connectivity index (χ1n) is 6.04. The number of carbonyl (C=O) groups is 2. The Morgan fingerprint density at radius 2 is 1.75 bits per heavy atom. The van der Waals surface area contributed by atoms with Gasteiger partial charge in [-0.25, -0.2) is 14.8 Å². The van der Waals surface area contributed by atoms with Crippen LogP contribution in [0.4, 0.5) is 5.69 Å². The van der Waals surface area contributed by atoms with Crippen LogP contribution in [0.2, 0.25) is 0 Å². The van der Waals surface area contributed by atoms with Crippen molar-refractivity contribution >= 4 is 17.6 Å². The van der Waals surface area contributed by atoms with Crippen molar-refractivity contribution < 1.29 is 14.3 Å². The van der Waals surface area contributed by atoms with Crippen LogP contribution in [0.1, 0.15) is 27.6 Å². The van der Waals surface area contributed by atoms with E-state index in [1.807, 2.05) is 0 Å². The lowest BCUT2D eigenvalue weighted by molar-refractivity contribution is 0.0526. The minimum atomic E-state index is -0.387. The number of benzene rings is 1. The largest absolute Gasteiger partial charge is 0.462 e. The van der Waals surface area contributed by atoms with Crippen LogP contribution in [0, 0.1) is 0 Å². The second-order valence-electron chi connectivity index (χ2n) is 3.88. The third kappa shape index (κ3) is 3.38. The number of carbonyl (C=O) groups excluding carboxylic acids is 2. The van der Waals surface area contributed by atoms with Crippen molar-refractivity contribution in [3.63, 3.8) is 0 Å². The molecule has 0 spiro atoms. The fourth-order valence-electron chi connectivity index (χ4n) is 1.52. The van der Waals surface area contributed by atoms with Crippen LogP contribution in [0.15, 0.2) is 43.0 Å². The van der Waals surface area contributed by atoms with E-state index in [2.05, 4.69) is 15.3 Å². The topological polar surface area (TPSA) is 81.2 Å². The van der Waals surface area contributed by atoms with Crippen LogP contribution in [-0.2, 0) is 4.74 Å². The molecule has 2 aromatic rings. The van der Waals surface area contributed by atoms with Crippen LogP contribution < -0.4 is 5.32 Å². The van der Waals surface area contributed by atoms with Crippen LogP contribution in [0.25, 0.3) is 0 Å². The maximum Gasteiger partial charge on any atom is 0.338 e. The molecule has 0 bridgehead atoms. The number of esters is 1. The van der Waals surface area contributed by atoms with E-state index in [4.69, 9.17) is 4.74 Å². The van der Waals surface area contributed by atoms with Gasteiger partial charge < -0.3 is 10.1 Å². The maximum atomic E-state index is 11.9. The number of hydrogen-bond donors (Lipinski definition) is 1. The molecule has 0 saturated heterocycles. The monoisotopic (exact) mass is 271 g/mol. The molecule has 1 N–H and O–H groups in total. The van der Waals surface area contributed by atoms with Crippen LogP contribution in [0.3, 0.4) is 0 Å². The van der Waals surface area contributed by atoms with E-state index in [1.165, 1.54) is 18.7 Å². The number of anilines is 1. The summed E-state index contributed by atoms with van der Waals surface area (Å²) in [4.78, 5) is 30.9. The van der Waals surface area contributed by atoms with Gasteiger partial charge in [0.25, 0.3) is 5.91 Å². The summed E-state index contributed by atoms with van der Waals surface area (Å²) in [5, 5.41) is 2.69. The summed E-state index contributed by atoms with van der Waals surface area (Å²) >= 11 is 0. The zero-order valence-electron chi connectivity index (χ0n) is 10.9. The molecule has 6 nitrogen and oxygen atoms in total. The Morgan fingerprint density at radius 3 is 2.35 bits per heavy atom. The number of ether oxygens (including phenoxy) is 1. The van der Waals surface area contributed by atoms with E-state index < -0.39 is 0 Å². The molecule has 6 heteroatoms. The molecule has 0 atom stereocenters. The summed E-state index contributed by atoms with van der Waals surface area (Å²) in [5.74, 6) is -0.698. The predicted octanol–water partition coefficient (Wildman–Crippen LogP) is 1.91. The van der Waals surface area contributed by atoms with Gasteiger partial charge in [-0.3, -0.25) is 4.79 Å². The molecule has 20 heavy (non-hydrogen) atoms. The maximum absolute atomic E-state index is 11.9. The van der Waals surface area contributed by atoms with Gasteiger partial charge in [0.15, 0.2) is 0 Å². The van der Waals surface area contributed by atoms with E-state index in [0.29, 0.717) is 23.4 Å². The first-order chi connectivity index (χ1) is 9.70. The summed E-state index contributed by atoms with van der Waals surface area (Å²) in [6, 6.07) is 6.45. The lowest BCUT2D eigenvalue weighted by Crippen LogP contribution is -2.12. The van der Waals surface area contributed by atoms with Gasteiger partial charge in [0.1, 0.15) is 6.33 Å². The first kappa shape index (κ1) is 13.7. The molecule has 102 valence electrons. The van der Waals surface area contributed by atoms with Crippen molar-refractivity contribution in [2.75, 3.05) is 11.9 Å². The van der Waals surface area contributed by atoms with Crippen LogP contribution in [0.5, 0.6) is 0 Å². The molecule has 0 radical (unpaired) electrons. The quantitative estimate of drug-likeness (QED) is 0.859. The van der Waals surface area contributed by atoms with Crippen LogP contribution >= 0.6 is 0 Å². The highest BCUT2D eigenvalue weighted by atomic mass is 16.5. The minimum Gasteiger partial charge on any atom is -0.462 e. The summed E-state index contributed by atoms with van der Waals surface area (Å²) in [5.41, 5.74) is 1.38. The molecule has 0 aliphatic rings. The van der Waals surface area contributed by atoms with Crippen molar-refractivity contribution in [2.45, 2.75) is 6.92 Å². The third-order valence-electron chi connectivity index (χ3n) is 2.48. The number of nitrogens with zero attached hydrogens (tertiary/aromatic N) is 2. The second-order valence-corrected chi connectivity index (χ2v) is 3.88. The fourth-order valence-corrected chi connectivity index (χ4v) is 1.52. The van der Waals surface area contributed by atoms with E-state index in [0.717, 1.165) is 0 Å². The Bertz CT molecular complexity index is 597. The van der Waals surface area contributed by atoms with Gasteiger partial charge in [-0.1, -0.05) is 0 Å². The normalized spacial score (nSPS) is 9.85. The summed E-state index contributed by atoms with van der Waals surface area (Å²) in [7, 11) is 0. The standard InChI is InChI=1S/C14H13N3O3/c1-2-20-14(19)10-3-5-12(6-4-10)17-13(18)11-7-15-9-16-8-11/h3-9H,2H2,1H3,(H,17,18). The molecular formula is C14H13N3O3. The van der Waals surface area contributed by atoms with Gasteiger partial charge in [0.2, 0.25) is 0 Å². The van der Waals surface area contributed by atoms with E-state index in [9.17, 15) is 9.59 Å². The third-order valence-corrected chi connectivity index (χ3v) is 2.48.